The maximum atomic E-state index is 3.43. The Morgan fingerprint density at radius 2 is 2.27 bits per heavy atom. The van der Waals surface area contributed by atoms with Gasteiger partial charge < -0.3 is 5.32 Å². The van der Waals surface area contributed by atoms with Crippen LogP contribution in [0.1, 0.15) is 4.88 Å². The van der Waals surface area contributed by atoms with Gasteiger partial charge >= 0.3 is 0 Å². The van der Waals surface area contributed by atoms with E-state index in [1.807, 2.05) is 0 Å². The highest BCUT2D eigenvalue weighted by atomic mass is 79.9. The van der Waals surface area contributed by atoms with Gasteiger partial charge in [-0.2, -0.15) is 0 Å². The Kier molecular flexibility index (Phi) is 4.67. The maximum absolute atomic E-state index is 3.43. The molecule has 0 aliphatic rings. The first kappa shape index (κ1) is 9.71. The summed E-state index contributed by atoms with van der Waals surface area (Å²) in [6.45, 7) is 1.04. The summed E-state index contributed by atoms with van der Waals surface area (Å²) in [6.07, 6.45) is 1.11. The second-order valence-electron chi connectivity index (χ2n) is 2.09. The lowest BCUT2D eigenvalue weighted by atomic mass is 10.3. The third-order valence-electron chi connectivity index (χ3n) is 1.27. The molecule has 0 saturated heterocycles. The molecule has 0 radical (unpaired) electrons. The van der Waals surface area contributed by atoms with Crippen LogP contribution in [0.25, 0.3) is 0 Å². The molecule has 1 heterocycles. The molecule has 1 rings (SSSR count). The SMILES string of the molecule is BrCNCCc1ccc(Br)s1. The molecule has 62 valence electrons. The van der Waals surface area contributed by atoms with Crippen LogP contribution in [0.3, 0.4) is 0 Å². The van der Waals surface area contributed by atoms with E-state index in [4.69, 9.17) is 0 Å². The molecular formula is C7H9Br2NS. The summed E-state index contributed by atoms with van der Waals surface area (Å²) in [4.78, 5) is 1.42. The Balaban J connectivity index is 2.27. The zero-order valence-electron chi connectivity index (χ0n) is 5.94. The first-order valence-corrected chi connectivity index (χ1v) is 6.07. The van der Waals surface area contributed by atoms with E-state index in [-0.39, 0.29) is 0 Å². The highest BCUT2D eigenvalue weighted by Gasteiger charge is 1.95. The van der Waals surface area contributed by atoms with Crippen LogP contribution < -0.4 is 5.32 Å². The molecule has 0 bridgehead atoms. The van der Waals surface area contributed by atoms with E-state index in [2.05, 4.69) is 49.3 Å². The number of nitrogens with one attached hydrogen (secondary N) is 1. The van der Waals surface area contributed by atoms with Gasteiger partial charge in [0.1, 0.15) is 0 Å². The Hall–Kier alpha value is 0.620. The molecule has 11 heavy (non-hydrogen) atoms. The molecule has 1 aromatic heterocycles. The van der Waals surface area contributed by atoms with Gasteiger partial charge in [0.2, 0.25) is 0 Å². The molecule has 0 spiro atoms. The highest BCUT2D eigenvalue weighted by molar-refractivity contribution is 9.11. The Bertz CT molecular complexity index is 212. The fourth-order valence-electron chi connectivity index (χ4n) is 0.765. The monoisotopic (exact) mass is 297 g/mol. The number of rotatable bonds is 4. The lowest BCUT2D eigenvalue weighted by Crippen LogP contribution is -2.13. The average molecular weight is 299 g/mol. The predicted molar refractivity (Wildman–Crippen MR) is 57.5 cm³/mol. The van der Waals surface area contributed by atoms with Crippen molar-refractivity contribution in [2.24, 2.45) is 0 Å². The molecular weight excluding hydrogens is 290 g/mol. The van der Waals surface area contributed by atoms with E-state index >= 15 is 0 Å². The van der Waals surface area contributed by atoms with Crippen molar-refractivity contribution < 1.29 is 0 Å². The van der Waals surface area contributed by atoms with Crippen molar-refractivity contribution in [3.05, 3.63) is 20.8 Å². The van der Waals surface area contributed by atoms with Crippen molar-refractivity contribution in [3.8, 4) is 0 Å². The summed E-state index contributed by atoms with van der Waals surface area (Å²) in [5, 5.41) is 3.21. The molecule has 1 aromatic rings. The second kappa shape index (κ2) is 5.30. The van der Waals surface area contributed by atoms with Crippen LogP contribution in [0, 0.1) is 0 Å². The van der Waals surface area contributed by atoms with E-state index < -0.39 is 0 Å². The zero-order chi connectivity index (χ0) is 8.10. The molecule has 0 atom stereocenters. The molecule has 0 aromatic carbocycles. The number of halogens is 2. The van der Waals surface area contributed by atoms with Gasteiger partial charge in [0, 0.05) is 11.4 Å². The molecule has 0 fully saturated rings. The Morgan fingerprint density at radius 3 is 2.82 bits per heavy atom. The first-order valence-electron chi connectivity index (χ1n) is 3.34. The van der Waals surface area contributed by atoms with Gasteiger partial charge in [-0.05, 0) is 34.5 Å². The van der Waals surface area contributed by atoms with Gasteiger partial charge in [0.15, 0.2) is 0 Å². The van der Waals surface area contributed by atoms with Crippen LogP contribution in [-0.2, 0) is 6.42 Å². The van der Waals surface area contributed by atoms with Gasteiger partial charge in [0.25, 0.3) is 0 Å². The van der Waals surface area contributed by atoms with Gasteiger partial charge in [-0.3, -0.25) is 0 Å². The minimum Gasteiger partial charge on any atom is -0.307 e. The summed E-state index contributed by atoms with van der Waals surface area (Å²) in [5.41, 5.74) is 0.875. The Morgan fingerprint density at radius 1 is 1.45 bits per heavy atom. The second-order valence-corrected chi connectivity index (χ2v) is 5.20. The van der Waals surface area contributed by atoms with E-state index in [0.29, 0.717) is 0 Å². The van der Waals surface area contributed by atoms with Crippen molar-refractivity contribution in [3.63, 3.8) is 0 Å². The van der Waals surface area contributed by atoms with Crippen LogP contribution in [0.15, 0.2) is 15.9 Å². The standard InChI is InChI=1S/C7H9Br2NS/c8-5-10-4-3-6-1-2-7(9)11-6/h1-2,10H,3-5H2. The van der Waals surface area contributed by atoms with Crippen molar-refractivity contribution in [1.29, 1.82) is 0 Å². The highest BCUT2D eigenvalue weighted by Crippen LogP contribution is 2.21. The van der Waals surface area contributed by atoms with Gasteiger partial charge in [-0.15, -0.1) is 11.3 Å². The number of hydrogen-bond acceptors (Lipinski definition) is 2. The summed E-state index contributed by atoms with van der Waals surface area (Å²) >= 11 is 8.54. The number of hydrogen-bond donors (Lipinski definition) is 1. The lowest BCUT2D eigenvalue weighted by molar-refractivity contribution is 0.786. The molecule has 0 aliphatic heterocycles. The summed E-state index contributed by atoms with van der Waals surface area (Å²) in [7, 11) is 0. The minimum atomic E-state index is 0.875. The fourth-order valence-corrected chi connectivity index (χ4v) is 2.53. The van der Waals surface area contributed by atoms with E-state index in [1.165, 1.54) is 8.66 Å². The largest absolute Gasteiger partial charge is 0.307 e. The molecule has 1 N–H and O–H groups in total. The van der Waals surface area contributed by atoms with Crippen molar-refractivity contribution in [2.45, 2.75) is 6.42 Å². The zero-order valence-corrected chi connectivity index (χ0v) is 9.93. The van der Waals surface area contributed by atoms with Crippen LogP contribution in [0.5, 0.6) is 0 Å². The predicted octanol–water partition coefficient (Wildman–Crippen LogP) is 3.00. The van der Waals surface area contributed by atoms with Crippen molar-refractivity contribution in [2.75, 3.05) is 12.0 Å². The third kappa shape index (κ3) is 3.69. The van der Waals surface area contributed by atoms with E-state index in [0.717, 1.165) is 18.4 Å². The van der Waals surface area contributed by atoms with Crippen LogP contribution >= 0.6 is 43.2 Å². The molecule has 0 saturated carbocycles. The average Bonchev–Trinajstić information content (AvgIpc) is 2.37. The Labute approximate surface area is 87.5 Å². The van der Waals surface area contributed by atoms with Crippen LogP contribution in [0.4, 0.5) is 0 Å². The van der Waals surface area contributed by atoms with Gasteiger partial charge in [-0.1, -0.05) is 15.9 Å². The smallest absolute Gasteiger partial charge is 0.0701 e. The fraction of sp³-hybridized carbons (Fsp3) is 0.429. The summed E-state index contributed by atoms with van der Waals surface area (Å²) in [5.74, 6) is 0. The van der Waals surface area contributed by atoms with Crippen LogP contribution in [-0.4, -0.2) is 12.0 Å². The number of alkyl halides is 1. The molecule has 1 nitrogen and oxygen atoms in total. The van der Waals surface area contributed by atoms with Crippen molar-refractivity contribution in [1.82, 2.24) is 5.32 Å². The quantitative estimate of drug-likeness (QED) is 0.512. The number of thiophene rings is 1. The topological polar surface area (TPSA) is 12.0 Å². The normalized spacial score (nSPS) is 10.4. The van der Waals surface area contributed by atoms with E-state index in [1.54, 1.807) is 11.3 Å². The first-order chi connectivity index (χ1) is 5.33. The van der Waals surface area contributed by atoms with Crippen molar-refractivity contribution >= 4 is 43.2 Å². The summed E-state index contributed by atoms with van der Waals surface area (Å²) in [6, 6.07) is 4.25. The molecule has 4 heteroatoms. The maximum Gasteiger partial charge on any atom is 0.0701 e. The van der Waals surface area contributed by atoms with Gasteiger partial charge in [-0.25, -0.2) is 0 Å². The molecule has 0 unspecified atom stereocenters. The summed E-state index contributed by atoms with van der Waals surface area (Å²) < 4.78 is 1.21. The third-order valence-corrected chi connectivity index (χ3v) is 3.35. The minimum absolute atomic E-state index is 0.875. The van der Waals surface area contributed by atoms with Gasteiger partial charge in [0.05, 0.1) is 9.24 Å². The van der Waals surface area contributed by atoms with Crippen LogP contribution in [0.2, 0.25) is 0 Å². The lowest BCUT2D eigenvalue weighted by Gasteiger charge is -1.96. The molecule has 0 amide bonds. The van der Waals surface area contributed by atoms with E-state index in [9.17, 15) is 0 Å². The molecule has 0 aliphatic carbocycles.